The average molecular weight is 371 g/mol. The van der Waals surface area contributed by atoms with Crippen molar-refractivity contribution in [1.29, 1.82) is 0 Å². The number of rotatable bonds is 4. The molecule has 0 saturated carbocycles. The lowest BCUT2D eigenvalue weighted by atomic mass is 9.97. The maximum absolute atomic E-state index is 12.4. The average Bonchev–Trinajstić information content (AvgIpc) is 3.09. The first kappa shape index (κ1) is 17.4. The van der Waals surface area contributed by atoms with Crippen LogP contribution < -0.4 is 10.6 Å². The molecule has 0 aliphatic heterocycles. The predicted octanol–water partition coefficient (Wildman–Crippen LogP) is 4.33. The number of hydrogen-bond acceptors (Lipinski definition) is 5. The summed E-state index contributed by atoms with van der Waals surface area (Å²) in [4.78, 5) is 12.4. The first-order valence-electron chi connectivity index (χ1n) is 8.02. The van der Waals surface area contributed by atoms with E-state index in [0.29, 0.717) is 17.0 Å². The maximum atomic E-state index is 12.4. The molecule has 0 unspecified atom stereocenters. The number of benzene rings is 2. The topological polar surface area (TPSA) is 66.9 Å². The monoisotopic (exact) mass is 370 g/mol. The molecule has 0 bridgehead atoms. The second-order valence-corrected chi connectivity index (χ2v) is 6.71. The minimum Gasteiger partial charge on any atom is -0.332 e. The lowest BCUT2D eigenvalue weighted by molar-refractivity contribution is 0.0978. The van der Waals surface area contributed by atoms with Crippen LogP contribution in [0.3, 0.4) is 0 Å². The molecule has 0 saturated heterocycles. The number of fused-ring (bicyclic) bond motifs is 1. The molecule has 0 spiro atoms. The molecule has 5 nitrogen and oxygen atoms in total. The molecule has 2 N–H and O–H groups in total. The molecule has 1 atom stereocenters. The number of carbonyl (C=O) groups excluding carboxylic acids is 1. The van der Waals surface area contributed by atoms with E-state index in [1.807, 2.05) is 18.2 Å². The fourth-order valence-corrected chi connectivity index (χ4v) is 3.23. The standard InChI is InChI=1S/C18H18N4OS2/c1-3-11(2)13-6-4-5-7-14(13)19-18(24)20-17(23)12-8-9-15-16(10-12)22-25-21-15/h4-11H,3H2,1-2H3,(H2,19,20,23,24)/t11-/m1/s1. The molecule has 1 amide bonds. The summed E-state index contributed by atoms with van der Waals surface area (Å²) in [5.74, 6) is 0.134. The summed E-state index contributed by atoms with van der Waals surface area (Å²) in [7, 11) is 0. The third-order valence-electron chi connectivity index (χ3n) is 4.10. The first-order valence-corrected chi connectivity index (χ1v) is 9.16. The Hall–Kier alpha value is -2.38. The summed E-state index contributed by atoms with van der Waals surface area (Å²) in [5.41, 5.74) is 4.08. The zero-order valence-electron chi connectivity index (χ0n) is 13.9. The van der Waals surface area contributed by atoms with Crippen LogP contribution in [0.2, 0.25) is 0 Å². The van der Waals surface area contributed by atoms with Crippen LogP contribution in [0.5, 0.6) is 0 Å². The SMILES string of the molecule is CC[C@@H](C)c1ccccc1NC(=S)NC(=O)c1ccc2nsnc2c1. The van der Waals surface area contributed by atoms with E-state index in [0.717, 1.165) is 29.4 Å². The van der Waals surface area contributed by atoms with E-state index in [9.17, 15) is 4.79 Å². The fourth-order valence-electron chi connectivity index (χ4n) is 2.51. The second-order valence-electron chi connectivity index (χ2n) is 5.77. The molecule has 0 fully saturated rings. The number of hydrogen-bond donors (Lipinski definition) is 2. The van der Waals surface area contributed by atoms with E-state index in [1.54, 1.807) is 18.2 Å². The van der Waals surface area contributed by atoms with Gasteiger partial charge < -0.3 is 5.32 Å². The van der Waals surface area contributed by atoms with Crippen LogP contribution in [-0.2, 0) is 0 Å². The molecule has 2 aromatic carbocycles. The van der Waals surface area contributed by atoms with Gasteiger partial charge in [0.2, 0.25) is 0 Å². The van der Waals surface area contributed by atoms with E-state index in [1.165, 1.54) is 5.56 Å². The van der Waals surface area contributed by atoms with E-state index in [4.69, 9.17) is 12.2 Å². The number of aromatic nitrogens is 2. The number of nitrogens with one attached hydrogen (secondary N) is 2. The van der Waals surface area contributed by atoms with E-state index in [-0.39, 0.29) is 11.0 Å². The normalized spacial score (nSPS) is 11.9. The van der Waals surface area contributed by atoms with Gasteiger partial charge >= 0.3 is 0 Å². The van der Waals surface area contributed by atoms with Crippen molar-refractivity contribution in [2.45, 2.75) is 26.2 Å². The van der Waals surface area contributed by atoms with E-state index < -0.39 is 0 Å². The highest BCUT2D eigenvalue weighted by Crippen LogP contribution is 2.26. The molecule has 3 rings (SSSR count). The fraction of sp³-hybridized carbons (Fsp3) is 0.222. The summed E-state index contributed by atoms with van der Waals surface area (Å²) in [6, 6.07) is 13.2. The van der Waals surface area contributed by atoms with Crippen molar-refractivity contribution in [3.8, 4) is 0 Å². The van der Waals surface area contributed by atoms with Gasteiger partial charge in [-0.05, 0) is 54.4 Å². The zero-order chi connectivity index (χ0) is 17.8. The molecule has 0 aliphatic carbocycles. The van der Waals surface area contributed by atoms with Gasteiger partial charge in [-0.1, -0.05) is 32.0 Å². The van der Waals surface area contributed by atoms with Gasteiger partial charge in [0.1, 0.15) is 11.0 Å². The summed E-state index contributed by atoms with van der Waals surface area (Å²) in [6.07, 6.45) is 1.03. The highest BCUT2D eigenvalue weighted by atomic mass is 32.1. The molecular weight excluding hydrogens is 352 g/mol. The van der Waals surface area contributed by atoms with Gasteiger partial charge in [-0.2, -0.15) is 8.75 Å². The minimum atomic E-state index is -0.270. The van der Waals surface area contributed by atoms with Crippen molar-refractivity contribution < 1.29 is 4.79 Å². The summed E-state index contributed by atoms with van der Waals surface area (Å²) in [5, 5.41) is 6.13. The van der Waals surface area contributed by atoms with Crippen LogP contribution in [0.1, 0.15) is 42.1 Å². The second kappa shape index (κ2) is 7.67. The van der Waals surface area contributed by atoms with Crippen molar-refractivity contribution in [3.05, 3.63) is 53.6 Å². The summed E-state index contributed by atoms with van der Waals surface area (Å²) < 4.78 is 8.28. The first-order chi connectivity index (χ1) is 12.1. The van der Waals surface area contributed by atoms with Gasteiger partial charge in [-0.3, -0.25) is 10.1 Å². The molecule has 128 valence electrons. The van der Waals surface area contributed by atoms with Crippen molar-refractivity contribution in [1.82, 2.24) is 14.1 Å². The molecule has 1 aromatic heterocycles. The largest absolute Gasteiger partial charge is 0.332 e. The van der Waals surface area contributed by atoms with E-state index in [2.05, 4.69) is 39.3 Å². The van der Waals surface area contributed by atoms with Crippen LogP contribution in [-0.4, -0.2) is 19.8 Å². The minimum absolute atomic E-state index is 0.270. The zero-order valence-corrected chi connectivity index (χ0v) is 15.6. The Morgan fingerprint density at radius 3 is 2.76 bits per heavy atom. The van der Waals surface area contributed by atoms with Crippen LogP contribution in [0.25, 0.3) is 11.0 Å². The Bertz CT molecular complexity index is 922. The molecular formula is C18H18N4OS2. The van der Waals surface area contributed by atoms with E-state index >= 15 is 0 Å². The van der Waals surface area contributed by atoms with Crippen molar-refractivity contribution in [2.75, 3.05) is 5.32 Å². The number of nitrogens with zero attached hydrogens (tertiary/aromatic N) is 2. The molecule has 0 aliphatic rings. The van der Waals surface area contributed by atoms with Crippen LogP contribution in [0.4, 0.5) is 5.69 Å². The highest BCUT2D eigenvalue weighted by Gasteiger charge is 2.13. The Labute approximate surface area is 155 Å². The Morgan fingerprint density at radius 2 is 1.96 bits per heavy atom. The number of anilines is 1. The lowest BCUT2D eigenvalue weighted by Gasteiger charge is -2.17. The lowest BCUT2D eigenvalue weighted by Crippen LogP contribution is -2.34. The Balaban J connectivity index is 1.71. The van der Waals surface area contributed by atoms with Crippen LogP contribution in [0.15, 0.2) is 42.5 Å². The third kappa shape index (κ3) is 4.00. The van der Waals surface area contributed by atoms with Crippen molar-refractivity contribution in [3.63, 3.8) is 0 Å². The number of para-hydroxylation sites is 1. The highest BCUT2D eigenvalue weighted by molar-refractivity contribution is 7.80. The Morgan fingerprint density at radius 1 is 1.20 bits per heavy atom. The summed E-state index contributed by atoms with van der Waals surface area (Å²) in [6.45, 7) is 4.31. The number of carbonyl (C=O) groups is 1. The molecule has 0 radical (unpaired) electrons. The van der Waals surface area contributed by atoms with Gasteiger partial charge in [0.15, 0.2) is 5.11 Å². The molecule has 25 heavy (non-hydrogen) atoms. The van der Waals surface area contributed by atoms with Gasteiger partial charge in [-0.15, -0.1) is 0 Å². The molecule has 7 heteroatoms. The van der Waals surface area contributed by atoms with Gasteiger partial charge in [0, 0.05) is 11.3 Å². The van der Waals surface area contributed by atoms with Gasteiger partial charge in [-0.25, -0.2) is 0 Å². The molecule has 1 heterocycles. The molecule has 3 aromatic rings. The van der Waals surface area contributed by atoms with Gasteiger partial charge in [0.25, 0.3) is 5.91 Å². The van der Waals surface area contributed by atoms with Crippen LogP contribution in [0, 0.1) is 0 Å². The smallest absolute Gasteiger partial charge is 0.257 e. The quantitative estimate of drug-likeness (QED) is 0.669. The number of thiocarbonyl (C=S) groups is 1. The third-order valence-corrected chi connectivity index (χ3v) is 4.86. The predicted molar refractivity (Wildman–Crippen MR) is 106 cm³/mol. The summed E-state index contributed by atoms with van der Waals surface area (Å²) >= 11 is 6.43. The Kier molecular flexibility index (Phi) is 5.35. The van der Waals surface area contributed by atoms with Gasteiger partial charge in [0.05, 0.1) is 11.7 Å². The van der Waals surface area contributed by atoms with Crippen molar-refractivity contribution >= 4 is 51.7 Å². The maximum Gasteiger partial charge on any atom is 0.257 e. The van der Waals surface area contributed by atoms with Crippen LogP contribution >= 0.6 is 23.9 Å². The number of amides is 1. The van der Waals surface area contributed by atoms with Crippen molar-refractivity contribution in [2.24, 2.45) is 0 Å².